The Balaban J connectivity index is 1.88. The van der Waals surface area contributed by atoms with E-state index in [1.54, 1.807) is 0 Å². The van der Waals surface area contributed by atoms with Crippen LogP contribution in [0.2, 0.25) is 0 Å². The molecule has 1 aliphatic rings. The molecule has 1 saturated heterocycles. The molecule has 1 aliphatic heterocycles. The van der Waals surface area contributed by atoms with Crippen LogP contribution in [-0.4, -0.2) is 31.1 Å². The summed E-state index contributed by atoms with van der Waals surface area (Å²) < 4.78 is 0. The maximum atomic E-state index is 3.68. The zero-order chi connectivity index (χ0) is 12.8. The SMILES string of the molecule is CCCc1ccc(NC2CCCN(C)CC2)cc1. The third-order valence-electron chi connectivity index (χ3n) is 3.82. The van der Waals surface area contributed by atoms with E-state index in [0.717, 1.165) is 0 Å². The van der Waals surface area contributed by atoms with Gasteiger partial charge >= 0.3 is 0 Å². The summed E-state index contributed by atoms with van der Waals surface area (Å²) in [7, 11) is 2.22. The number of anilines is 1. The molecular formula is C16H26N2. The van der Waals surface area contributed by atoms with Crippen LogP contribution in [0.15, 0.2) is 24.3 Å². The predicted molar refractivity (Wildman–Crippen MR) is 79.2 cm³/mol. The van der Waals surface area contributed by atoms with Gasteiger partial charge in [0.25, 0.3) is 0 Å². The normalized spacial score (nSPS) is 21.6. The number of likely N-dealkylation sites (tertiary alicyclic amines) is 1. The molecule has 1 unspecified atom stereocenters. The Kier molecular flexibility index (Phi) is 5.06. The number of aryl methyl sites for hydroxylation is 1. The molecule has 1 fully saturated rings. The van der Waals surface area contributed by atoms with Gasteiger partial charge in [0, 0.05) is 11.7 Å². The molecule has 18 heavy (non-hydrogen) atoms. The summed E-state index contributed by atoms with van der Waals surface area (Å²) in [5.41, 5.74) is 2.73. The Labute approximate surface area is 111 Å². The maximum Gasteiger partial charge on any atom is 0.0342 e. The minimum atomic E-state index is 0.645. The van der Waals surface area contributed by atoms with Crippen LogP contribution in [0, 0.1) is 0 Å². The molecule has 1 aromatic rings. The lowest BCUT2D eigenvalue weighted by molar-refractivity contribution is 0.348. The van der Waals surface area contributed by atoms with Crippen LogP contribution in [0.3, 0.4) is 0 Å². The van der Waals surface area contributed by atoms with Crippen molar-refractivity contribution >= 4 is 5.69 Å². The molecule has 0 radical (unpaired) electrons. The molecule has 100 valence electrons. The van der Waals surface area contributed by atoms with Gasteiger partial charge in [-0.25, -0.2) is 0 Å². The van der Waals surface area contributed by atoms with E-state index in [2.05, 4.69) is 48.5 Å². The van der Waals surface area contributed by atoms with Gasteiger partial charge in [-0.05, 0) is 63.5 Å². The number of benzene rings is 1. The highest BCUT2D eigenvalue weighted by Gasteiger charge is 2.14. The van der Waals surface area contributed by atoms with E-state index in [4.69, 9.17) is 0 Å². The van der Waals surface area contributed by atoms with E-state index in [9.17, 15) is 0 Å². The maximum absolute atomic E-state index is 3.68. The summed E-state index contributed by atoms with van der Waals surface area (Å²) >= 11 is 0. The summed E-state index contributed by atoms with van der Waals surface area (Å²) in [5.74, 6) is 0. The number of hydrogen-bond acceptors (Lipinski definition) is 2. The van der Waals surface area contributed by atoms with Crippen molar-refractivity contribution in [2.24, 2.45) is 0 Å². The van der Waals surface area contributed by atoms with E-state index in [0.29, 0.717) is 6.04 Å². The largest absolute Gasteiger partial charge is 0.382 e. The highest BCUT2D eigenvalue weighted by Crippen LogP contribution is 2.17. The molecule has 0 aliphatic carbocycles. The molecule has 1 aromatic carbocycles. The lowest BCUT2D eigenvalue weighted by Gasteiger charge is -2.18. The van der Waals surface area contributed by atoms with Crippen LogP contribution in [0.1, 0.15) is 38.2 Å². The minimum absolute atomic E-state index is 0.645. The molecule has 1 N–H and O–H groups in total. The number of nitrogens with one attached hydrogen (secondary N) is 1. The molecular weight excluding hydrogens is 220 g/mol. The zero-order valence-electron chi connectivity index (χ0n) is 11.8. The molecule has 0 amide bonds. The molecule has 0 spiro atoms. The summed E-state index contributed by atoms with van der Waals surface area (Å²) in [6, 6.07) is 9.63. The third-order valence-corrected chi connectivity index (χ3v) is 3.82. The second kappa shape index (κ2) is 6.79. The smallest absolute Gasteiger partial charge is 0.0342 e. The van der Waals surface area contributed by atoms with Crippen molar-refractivity contribution < 1.29 is 0 Å². The fourth-order valence-electron chi connectivity index (χ4n) is 2.68. The molecule has 0 saturated carbocycles. The van der Waals surface area contributed by atoms with Gasteiger partial charge in [0.05, 0.1) is 0 Å². The van der Waals surface area contributed by atoms with E-state index < -0.39 is 0 Å². The highest BCUT2D eigenvalue weighted by molar-refractivity contribution is 5.45. The Hall–Kier alpha value is -1.02. The first-order chi connectivity index (χ1) is 8.78. The van der Waals surface area contributed by atoms with Crippen LogP contribution in [0.25, 0.3) is 0 Å². The second-order valence-corrected chi connectivity index (χ2v) is 5.52. The van der Waals surface area contributed by atoms with E-state index in [1.165, 1.54) is 56.4 Å². The average molecular weight is 246 g/mol. The van der Waals surface area contributed by atoms with Crippen LogP contribution in [0.4, 0.5) is 5.69 Å². The van der Waals surface area contributed by atoms with Crippen molar-refractivity contribution in [2.45, 2.75) is 45.1 Å². The van der Waals surface area contributed by atoms with Crippen molar-refractivity contribution in [3.05, 3.63) is 29.8 Å². The minimum Gasteiger partial charge on any atom is -0.382 e. The quantitative estimate of drug-likeness (QED) is 0.874. The Bertz CT molecular complexity index is 345. The van der Waals surface area contributed by atoms with Crippen molar-refractivity contribution in [3.63, 3.8) is 0 Å². The summed E-state index contributed by atoms with van der Waals surface area (Å²) in [5, 5.41) is 3.68. The molecule has 1 atom stereocenters. The van der Waals surface area contributed by atoms with E-state index in [1.807, 2.05) is 0 Å². The average Bonchev–Trinajstić information content (AvgIpc) is 2.57. The van der Waals surface area contributed by atoms with Crippen molar-refractivity contribution in [1.29, 1.82) is 0 Å². The van der Waals surface area contributed by atoms with Crippen LogP contribution >= 0.6 is 0 Å². The van der Waals surface area contributed by atoms with Gasteiger partial charge in [0.2, 0.25) is 0 Å². The Morgan fingerprint density at radius 1 is 1.17 bits per heavy atom. The van der Waals surface area contributed by atoms with E-state index >= 15 is 0 Å². The first-order valence-corrected chi connectivity index (χ1v) is 7.32. The zero-order valence-corrected chi connectivity index (χ0v) is 11.8. The van der Waals surface area contributed by atoms with Crippen LogP contribution in [0.5, 0.6) is 0 Å². The lowest BCUT2D eigenvalue weighted by atomic mass is 10.1. The molecule has 2 heteroatoms. The van der Waals surface area contributed by atoms with Gasteiger partial charge in [-0.2, -0.15) is 0 Å². The molecule has 1 heterocycles. The summed E-state index contributed by atoms with van der Waals surface area (Å²) in [4.78, 5) is 2.44. The van der Waals surface area contributed by atoms with Crippen molar-refractivity contribution in [1.82, 2.24) is 4.90 Å². The lowest BCUT2D eigenvalue weighted by Crippen LogP contribution is -2.22. The van der Waals surface area contributed by atoms with Gasteiger partial charge in [0.15, 0.2) is 0 Å². The summed E-state index contributed by atoms with van der Waals surface area (Å²) in [6.07, 6.45) is 6.27. The molecule has 0 aromatic heterocycles. The number of nitrogens with zero attached hydrogens (tertiary/aromatic N) is 1. The first-order valence-electron chi connectivity index (χ1n) is 7.32. The van der Waals surface area contributed by atoms with Gasteiger partial charge < -0.3 is 10.2 Å². The fourth-order valence-corrected chi connectivity index (χ4v) is 2.68. The first kappa shape index (κ1) is 13.4. The van der Waals surface area contributed by atoms with Crippen LogP contribution < -0.4 is 5.32 Å². The Morgan fingerprint density at radius 3 is 2.67 bits per heavy atom. The van der Waals surface area contributed by atoms with Crippen molar-refractivity contribution in [3.8, 4) is 0 Å². The summed E-state index contributed by atoms with van der Waals surface area (Å²) in [6.45, 7) is 4.69. The van der Waals surface area contributed by atoms with Gasteiger partial charge in [-0.3, -0.25) is 0 Å². The number of hydrogen-bond donors (Lipinski definition) is 1. The third kappa shape index (κ3) is 4.02. The fraction of sp³-hybridized carbons (Fsp3) is 0.625. The van der Waals surface area contributed by atoms with Gasteiger partial charge in [-0.1, -0.05) is 25.5 Å². The second-order valence-electron chi connectivity index (χ2n) is 5.52. The number of rotatable bonds is 4. The highest BCUT2D eigenvalue weighted by atomic mass is 15.1. The molecule has 2 rings (SSSR count). The Morgan fingerprint density at radius 2 is 1.94 bits per heavy atom. The van der Waals surface area contributed by atoms with Gasteiger partial charge in [-0.15, -0.1) is 0 Å². The van der Waals surface area contributed by atoms with E-state index in [-0.39, 0.29) is 0 Å². The monoisotopic (exact) mass is 246 g/mol. The molecule has 2 nitrogen and oxygen atoms in total. The van der Waals surface area contributed by atoms with Crippen LogP contribution in [-0.2, 0) is 6.42 Å². The topological polar surface area (TPSA) is 15.3 Å². The standard InChI is InChI=1S/C16H26N2/c1-3-5-14-7-9-16(10-8-14)17-15-6-4-12-18(2)13-11-15/h7-10,15,17H,3-6,11-13H2,1-2H3. The molecule has 0 bridgehead atoms. The predicted octanol–water partition coefficient (Wildman–Crippen LogP) is 3.54. The van der Waals surface area contributed by atoms with Gasteiger partial charge in [0.1, 0.15) is 0 Å². The van der Waals surface area contributed by atoms with Crippen molar-refractivity contribution in [2.75, 3.05) is 25.5 Å².